The monoisotopic (exact) mass is 513 g/mol. The second kappa shape index (κ2) is 11.6. The van der Waals surface area contributed by atoms with Crippen molar-refractivity contribution in [3.63, 3.8) is 0 Å². The van der Waals surface area contributed by atoms with Gasteiger partial charge in [-0.15, -0.1) is 0 Å². The van der Waals surface area contributed by atoms with Crippen LogP contribution in [-0.4, -0.2) is 33.2 Å². The van der Waals surface area contributed by atoms with Crippen LogP contribution in [0.15, 0.2) is 79.1 Å². The normalized spacial score (nSPS) is 11.1. The number of hydrogen-bond donors (Lipinski definition) is 4. The minimum absolute atomic E-state index is 0.111. The van der Waals surface area contributed by atoms with E-state index in [-0.39, 0.29) is 12.0 Å². The van der Waals surface area contributed by atoms with Crippen molar-refractivity contribution in [3.8, 4) is 17.2 Å². The number of nitrogens with zero attached hydrogens (tertiary/aromatic N) is 3. The van der Waals surface area contributed by atoms with E-state index in [0.29, 0.717) is 29.5 Å². The summed E-state index contributed by atoms with van der Waals surface area (Å²) < 4.78 is 7.47. The molecule has 2 aromatic heterocycles. The minimum Gasteiger partial charge on any atom is -0.457 e. The Balaban J connectivity index is 1.45. The molecule has 2 heterocycles. The maximum Gasteiger partial charge on any atom is 0.324 e. The Labute approximate surface area is 221 Å². The number of anilines is 2. The number of carbonyl (C=O) groups is 2. The fourth-order valence-corrected chi connectivity index (χ4v) is 3.55. The lowest BCUT2D eigenvalue weighted by atomic mass is 9.92. The molecular weight excluding hydrogens is 482 g/mol. The number of carbonyl (C=O) groups excluding carboxylic acids is 2. The molecule has 0 saturated heterocycles. The Morgan fingerprint density at radius 2 is 1.58 bits per heavy atom. The molecule has 3 amide bonds. The van der Waals surface area contributed by atoms with Crippen LogP contribution in [-0.2, 0) is 16.8 Å². The van der Waals surface area contributed by atoms with Gasteiger partial charge in [-0.1, -0.05) is 32.9 Å². The molecule has 38 heavy (non-hydrogen) atoms. The van der Waals surface area contributed by atoms with Gasteiger partial charge in [0, 0.05) is 36.1 Å². The van der Waals surface area contributed by atoms with E-state index >= 15 is 0 Å². The Bertz CT molecular complexity index is 1380. The first-order valence-corrected chi connectivity index (χ1v) is 12.1. The highest BCUT2D eigenvalue weighted by atomic mass is 16.5. The van der Waals surface area contributed by atoms with Gasteiger partial charge in [0.05, 0.1) is 17.9 Å². The number of pyridine rings is 1. The van der Waals surface area contributed by atoms with Crippen molar-refractivity contribution >= 4 is 23.4 Å². The predicted molar refractivity (Wildman–Crippen MR) is 147 cm³/mol. The van der Waals surface area contributed by atoms with Gasteiger partial charge in [-0.2, -0.15) is 5.10 Å². The first kappa shape index (κ1) is 26.4. The summed E-state index contributed by atoms with van der Waals surface area (Å²) in [6, 6.07) is 19.8. The third kappa shape index (κ3) is 7.17. The average molecular weight is 514 g/mol. The third-order valence-corrected chi connectivity index (χ3v) is 5.53. The summed E-state index contributed by atoms with van der Waals surface area (Å²) in [5.41, 5.74) is 8.17. The Hall–Kier alpha value is -4.70. The summed E-state index contributed by atoms with van der Waals surface area (Å²) in [6.45, 7) is 6.81. The highest BCUT2D eigenvalue weighted by molar-refractivity contribution is 5.99. The Kier molecular flexibility index (Phi) is 8.03. The van der Waals surface area contributed by atoms with Crippen molar-refractivity contribution in [1.29, 1.82) is 0 Å². The molecule has 0 aliphatic rings. The number of aromatic nitrogens is 3. The van der Waals surface area contributed by atoms with E-state index in [1.807, 2.05) is 30.3 Å². The lowest BCUT2D eigenvalue weighted by Crippen LogP contribution is -2.28. The van der Waals surface area contributed by atoms with Crippen LogP contribution in [0.2, 0.25) is 0 Å². The zero-order valence-corrected chi connectivity index (χ0v) is 21.6. The fraction of sp³-hybridized carbons (Fsp3) is 0.214. The number of nitrogens with two attached hydrogens (primary N) is 1. The van der Waals surface area contributed by atoms with Gasteiger partial charge in [-0.05, 0) is 54.1 Å². The highest BCUT2D eigenvalue weighted by Gasteiger charge is 2.21. The van der Waals surface area contributed by atoms with Crippen LogP contribution in [0, 0.1) is 0 Å². The van der Waals surface area contributed by atoms with Gasteiger partial charge in [0.15, 0.2) is 0 Å². The van der Waals surface area contributed by atoms with E-state index in [2.05, 4.69) is 41.7 Å². The zero-order chi connectivity index (χ0) is 27.1. The second-order valence-corrected chi connectivity index (χ2v) is 9.70. The predicted octanol–water partition coefficient (Wildman–Crippen LogP) is 4.58. The van der Waals surface area contributed by atoms with Gasteiger partial charge < -0.3 is 21.1 Å². The van der Waals surface area contributed by atoms with Crippen LogP contribution < -0.4 is 26.4 Å². The molecule has 0 aliphatic heterocycles. The Morgan fingerprint density at radius 1 is 0.921 bits per heavy atom. The molecule has 0 atom stereocenters. The van der Waals surface area contributed by atoms with Crippen LogP contribution in [0.4, 0.5) is 16.3 Å². The third-order valence-electron chi connectivity index (χ3n) is 5.53. The SMILES string of the molecule is CC(C)(C)c1cc(NC(=O)Nc2ccc(Oc3ccncc3)cc2)n(-c2ccc(CNCC(N)=O)cc2)n1. The van der Waals surface area contributed by atoms with Crippen molar-refractivity contribution in [2.24, 2.45) is 5.73 Å². The van der Waals surface area contributed by atoms with Crippen LogP contribution in [0.1, 0.15) is 32.0 Å². The number of nitrogens with one attached hydrogen (secondary N) is 3. The summed E-state index contributed by atoms with van der Waals surface area (Å²) in [4.78, 5) is 27.8. The first-order chi connectivity index (χ1) is 18.2. The van der Waals surface area contributed by atoms with Crippen LogP contribution in [0.5, 0.6) is 11.5 Å². The summed E-state index contributed by atoms with van der Waals surface area (Å²) in [6.07, 6.45) is 3.31. The molecule has 0 aliphatic carbocycles. The van der Waals surface area contributed by atoms with Crippen molar-refractivity contribution in [2.75, 3.05) is 17.2 Å². The number of benzene rings is 2. The number of amides is 3. The number of rotatable bonds is 9. The standard InChI is InChI=1S/C28H31N7O3/c1-28(2,3)24-16-26(35(34-24)21-8-4-19(5-9-21)17-31-18-25(29)36)33-27(37)32-20-6-10-22(11-7-20)38-23-12-14-30-15-13-23/h4-16,31H,17-18H2,1-3H3,(H2,29,36)(H2,32,33,37). The van der Waals surface area contributed by atoms with Crippen LogP contribution in [0.3, 0.4) is 0 Å². The molecule has 0 fully saturated rings. The van der Waals surface area contributed by atoms with Gasteiger partial charge in [-0.3, -0.25) is 15.1 Å². The molecule has 10 heteroatoms. The maximum absolute atomic E-state index is 12.9. The lowest BCUT2D eigenvalue weighted by molar-refractivity contribution is -0.117. The topological polar surface area (TPSA) is 136 Å². The van der Waals surface area contributed by atoms with E-state index in [1.165, 1.54) is 0 Å². The number of ether oxygens (including phenoxy) is 1. The number of urea groups is 1. The van der Waals surface area contributed by atoms with Crippen molar-refractivity contribution in [3.05, 3.63) is 90.4 Å². The van der Waals surface area contributed by atoms with E-state index < -0.39 is 11.9 Å². The molecule has 4 aromatic rings. The average Bonchev–Trinajstić information content (AvgIpc) is 3.30. The number of hydrogen-bond acceptors (Lipinski definition) is 6. The smallest absolute Gasteiger partial charge is 0.324 e. The second-order valence-electron chi connectivity index (χ2n) is 9.70. The van der Waals surface area contributed by atoms with Crippen molar-refractivity contribution < 1.29 is 14.3 Å². The van der Waals surface area contributed by atoms with Gasteiger partial charge in [0.25, 0.3) is 0 Å². The van der Waals surface area contributed by atoms with E-state index in [9.17, 15) is 9.59 Å². The lowest BCUT2D eigenvalue weighted by Gasteiger charge is -2.14. The summed E-state index contributed by atoms with van der Waals surface area (Å²) in [5, 5.41) is 13.5. The van der Waals surface area contributed by atoms with Crippen LogP contribution >= 0.6 is 0 Å². The molecule has 0 spiro atoms. The summed E-state index contributed by atoms with van der Waals surface area (Å²) >= 11 is 0. The summed E-state index contributed by atoms with van der Waals surface area (Å²) in [5.74, 6) is 1.44. The molecule has 5 N–H and O–H groups in total. The quantitative estimate of drug-likeness (QED) is 0.259. The number of primary amides is 1. The van der Waals surface area contributed by atoms with Gasteiger partial charge in [-0.25, -0.2) is 9.48 Å². The zero-order valence-electron chi connectivity index (χ0n) is 21.6. The fourth-order valence-electron chi connectivity index (χ4n) is 3.55. The van der Waals surface area contributed by atoms with Crippen molar-refractivity contribution in [1.82, 2.24) is 20.1 Å². The molecule has 0 unspecified atom stereocenters. The first-order valence-electron chi connectivity index (χ1n) is 12.1. The molecule has 10 nitrogen and oxygen atoms in total. The van der Waals surface area contributed by atoms with Crippen LogP contribution in [0.25, 0.3) is 5.69 Å². The van der Waals surface area contributed by atoms with Crippen molar-refractivity contribution in [2.45, 2.75) is 32.7 Å². The maximum atomic E-state index is 12.9. The van der Waals surface area contributed by atoms with E-state index in [0.717, 1.165) is 16.9 Å². The molecule has 4 rings (SSSR count). The molecule has 0 bridgehead atoms. The Morgan fingerprint density at radius 3 is 2.21 bits per heavy atom. The largest absolute Gasteiger partial charge is 0.457 e. The molecule has 0 saturated carbocycles. The van der Waals surface area contributed by atoms with E-state index in [1.54, 1.807) is 53.5 Å². The molecular formula is C28H31N7O3. The highest BCUT2D eigenvalue weighted by Crippen LogP contribution is 2.27. The molecule has 2 aromatic carbocycles. The molecule has 196 valence electrons. The molecule has 0 radical (unpaired) electrons. The van der Waals surface area contributed by atoms with Gasteiger partial charge >= 0.3 is 6.03 Å². The van der Waals surface area contributed by atoms with Gasteiger partial charge in [0.2, 0.25) is 5.91 Å². The summed E-state index contributed by atoms with van der Waals surface area (Å²) in [7, 11) is 0. The minimum atomic E-state index is -0.406. The van der Waals surface area contributed by atoms with Gasteiger partial charge in [0.1, 0.15) is 17.3 Å². The van der Waals surface area contributed by atoms with E-state index in [4.69, 9.17) is 15.6 Å².